The molecule has 6 nitrogen and oxygen atoms in total. The maximum atomic E-state index is 12.6. The Labute approximate surface area is 150 Å². The van der Waals surface area contributed by atoms with Crippen LogP contribution < -0.4 is 0 Å². The standard InChI is InChI=1S/C19H30N4O2/c1-15-20-18(21-25-15)14-22(2)17-9-6-11-23(12-10-17)19(24)13-16-7-4-3-5-8-16/h7,17H,3-6,8-14H2,1-2H3/t17-/m1/s1. The van der Waals surface area contributed by atoms with Gasteiger partial charge in [-0.15, -0.1) is 0 Å². The third kappa shape index (κ3) is 5.14. The van der Waals surface area contributed by atoms with E-state index in [1.165, 1.54) is 18.4 Å². The molecule has 1 atom stereocenters. The molecule has 1 aromatic heterocycles. The fourth-order valence-corrected chi connectivity index (χ4v) is 3.90. The van der Waals surface area contributed by atoms with Crippen LogP contribution in [0.5, 0.6) is 0 Å². The molecule has 0 aromatic carbocycles. The third-order valence-electron chi connectivity index (χ3n) is 5.40. The Kier molecular flexibility index (Phi) is 6.24. The molecule has 6 heteroatoms. The average molecular weight is 346 g/mol. The number of amides is 1. The van der Waals surface area contributed by atoms with E-state index in [1.54, 1.807) is 0 Å². The molecule has 0 unspecified atom stereocenters. The first-order valence-electron chi connectivity index (χ1n) is 9.57. The van der Waals surface area contributed by atoms with E-state index in [4.69, 9.17) is 4.52 Å². The number of allylic oxidation sites excluding steroid dienone is 1. The van der Waals surface area contributed by atoms with Gasteiger partial charge in [0.25, 0.3) is 0 Å². The molecule has 138 valence electrons. The smallest absolute Gasteiger partial charge is 0.226 e. The fraction of sp³-hybridized carbons (Fsp3) is 0.737. The number of aromatic nitrogens is 2. The molecule has 1 aliphatic carbocycles. The predicted octanol–water partition coefficient (Wildman–Crippen LogP) is 3.08. The SMILES string of the molecule is Cc1nc(CN(C)[C@@H]2CCCN(C(=O)CC3=CCCCC3)CC2)no1. The van der Waals surface area contributed by atoms with Gasteiger partial charge in [-0.05, 0) is 52.0 Å². The second-order valence-corrected chi connectivity index (χ2v) is 7.40. The van der Waals surface area contributed by atoms with Gasteiger partial charge in [-0.2, -0.15) is 4.98 Å². The number of aryl methyl sites for hydroxylation is 1. The summed E-state index contributed by atoms with van der Waals surface area (Å²) < 4.78 is 5.05. The van der Waals surface area contributed by atoms with Gasteiger partial charge in [0, 0.05) is 32.5 Å². The number of rotatable bonds is 5. The van der Waals surface area contributed by atoms with E-state index in [9.17, 15) is 4.79 Å². The molecular formula is C19H30N4O2. The Morgan fingerprint density at radius 1 is 1.32 bits per heavy atom. The zero-order valence-electron chi connectivity index (χ0n) is 15.5. The molecule has 0 bridgehead atoms. The van der Waals surface area contributed by atoms with E-state index < -0.39 is 0 Å². The number of nitrogens with zero attached hydrogens (tertiary/aromatic N) is 4. The molecule has 2 heterocycles. The number of carbonyl (C=O) groups excluding carboxylic acids is 1. The zero-order chi connectivity index (χ0) is 17.6. The van der Waals surface area contributed by atoms with Gasteiger partial charge >= 0.3 is 0 Å². The first-order chi connectivity index (χ1) is 12.1. The van der Waals surface area contributed by atoms with Crippen LogP contribution in [-0.2, 0) is 11.3 Å². The molecule has 3 rings (SSSR count). The van der Waals surface area contributed by atoms with Crippen molar-refractivity contribution in [3.63, 3.8) is 0 Å². The van der Waals surface area contributed by atoms with Crippen LogP contribution in [0, 0.1) is 6.92 Å². The van der Waals surface area contributed by atoms with Gasteiger partial charge in [-0.3, -0.25) is 9.69 Å². The molecule has 1 fully saturated rings. The van der Waals surface area contributed by atoms with Crippen molar-refractivity contribution in [1.29, 1.82) is 0 Å². The lowest BCUT2D eigenvalue weighted by Gasteiger charge is -2.26. The Morgan fingerprint density at radius 2 is 2.20 bits per heavy atom. The summed E-state index contributed by atoms with van der Waals surface area (Å²) in [6.45, 7) is 4.25. The molecule has 2 aliphatic rings. The number of carbonyl (C=O) groups is 1. The van der Waals surface area contributed by atoms with Crippen molar-refractivity contribution in [3.05, 3.63) is 23.4 Å². The minimum Gasteiger partial charge on any atom is -0.342 e. The minimum atomic E-state index is 0.310. The summed E-state index contributed by atoms with van der Waals surface area (Å²) in [5.74, 6) is 1.66. The van der Waals surface area contributed by atoms with Crippen molar-refractivity contribution in [3.8, 4) is 0 Å². The van der Waals surface area contributed by atoms with E-state index in [1.807, 2.05) is 6.92 Å². The summed E-state index contributed by atoms with van der Waals surface area (Å²) >= 11 is 0. The van der Waals surface area contributed by atoms with Gasteiger partial charge < -0.3 is 9.42 Å². The largest absolute Gasteiger partial charge is 0.342 e. The summed E-state index contributed by atoms with van der Waals surface area (Å²) in [4.78, 5) is 21.3. The third-order valence-corrected chi connectivity index (χ3v) is 5.40. The van der Waals surface area contributed by atoms with Gasteiger partial charge in [0.2, 0.25) is 11.8 Å². The molecule has 0 saturated carbocycles. The van der Waals surface area contributed by atoms with Crippen molar-refractivity contribution in [1.82, 2.24) is 19.9 Å². The van der Waals surface area contributed by atoms with Crippen LogP contribution in [0.25, 0.3) is 0 Å². The first-order valence-corrected chi connectivity index (χ1v) is 9.57. The van der Waals surface area contributed by atoms with Crippen molar-refractivity contribution in [2.75, 3.05) is 20.1 Å². The number of hydrogen-bond acceptors (Lipinski definition) is 5. The molecule has 1 aromatic rings. The van der Waals surface area contributed by atoms with Crippen LogP contribution in [0.3, 0.4) is 0 Å². The molecule has 0 N–H and O–H groups in total. The van der Waals surface area contributed by atoms with Crippen molar-refractivity contribution in [2.45, 2.75) is 70.9 Å². The lowest BCUT2D eigenvalue weighted by molar-refractivity contribution is -0.130. The van der Waals surface area contributed by atoms with Gasteiger partial charge in [0.05, 0.1) is 6.54 Å². The number of hydrogen-bond donors (Lipinski definition) is 0. The van der Waals surface area contributed by atoms with Gasteiger partial charge in [-0.1, -0.05) is 16.8 Å². The Morgan fingerprint density at radius 3 is 2.92 bits per heavy atom. The summed E-state index contributed by atoms with van der Waals surface area (Å²) in [7, 11) is 2.11. The lowest BCUT2D eigenvalue weighted by Crippen LogP contribution is -2.35. The zero-order valence-corrected chi connectivity index (χ0v) is 15.5. The maximum absolute atomic E-state index is 12.6. The topological polar surface area (TPSA) is 62.5 Å². The lowest BCUT2D eigenvalue weighted by atomic mass is 9.97. The van der Waals surface area contributed by atoms with Crippen molar-refractivity contribution in [2.24, 2.45) is 0 Å². The van der Waals surface area contributed by atoms with Gasteiger partial charge in [0.1, 0.15) is 0 Å². The van der Waals surface area contributed by atoms with E-state index in [0.29, 0.717) is 30.8 Å². The first kappa shape index (κ1) is 18.1. The van der Waals surface area contributed by atoms with E-state index in [0.717, 1.165) is 51.0 Å². The maximum Gasteiger partial charge on any atom is 0.226 e. The van der Waals surface area contributed by atoms with E-state index in [-0.39, 0.29) is 0 Å². The molecule has 1 saturated heterocycles. The highest BCUT2D eigenvalue weighted by Gasteiger charge is 2.24. The second kappa shape index (κ2) is 8.61. The van der Waals surface area contributed by atoms with Crippen LogP contribution in [0.4, 0.5) is 0 Å². The molecule has 1 amide bonds. The highest BCUT2D eigenvalue weighted by Crippen LogP contribution is 2.23. The number of likely N-dealkylation sites (tertiary alicyclic amines) is 1. The second-order valence-electron chi connectivity index (χ2n) is 7.40. The molecule has 0 radical (unpaired) electrons. The Hall–Kier alpha value is -1.69. The normalized spacial score (nSPS) is 22.0. The van der Waals surface area contributed by atoms with Crippen molar-refractivity contribution < 1.29 is 9.32 Å². The molecule has 25 heavy (non-hydrogen) atoms. The molecule has 0 spiro atoms. The Balaban J connectivity index is 1.49. The molecule has 1 aliphatic heterocycles. The van der Waals surface area contributed by atoms with Crippen molar-refractivity contribution >= 4 is 5.91 Å². The highest BCUT2D eigenvalue weighted by atomic mass is 16.5. The average Bonchev–Trinajstić information content (AvgIpc) is 2.86. The van der Waals surface area contributed by atoms with Crippen LogP contribution in [0.2, 0.25) is 0 Å². The van der Waals surface area contributed by atoms with E-state index in [2.05, 4.69) is 33.1 Å². The summed E-state index contributed by atoms with van der Waals surface area (Å²) in [6, 6.07) is 0.463. The van der Waals surface area contributed by atoms with Gasteiger partial charge in [0.15, 0.2) is 5.82 Å². The summed E-state index contributed by atoms with van der Waals surface area (Å²) in [5.41, 5.74) is 1.35. The summed E-state index contributed by atoms with van der Waals surface area (Å²) in [5, 5.41) is 3.98. The van der Waals surface area contributed by atoms with Crippen LogP contribution in [-0.4, -0.2) is 52.0 Å². The monoisotopic (exact) mass is 346 g/mol. The van der Waals surface area contributed by atoms with Crippen LogP contribution in [0.1, 0.15) is 63.1 Å². The van der Waals surface area contributed by atoms with Crippen LogP contribution in [0.15, 0.2) is 16.2 Å². The van der Waals surface area contributed by atoms with E-state index >= 15 is 0 Å². The Bertz CT molecular complexity index is 610. The fourth-order valence-electron chi connectivity index (χ4n) is 3.90. The van der Waals surface area contributed by atoms with Crippen LogP contribution >= 0.6 is 0 Å². The summed E-state index contributed by atoms with van der Waals surface area (Å²) in [6.07, 6.45) is 10.9. The predicted molar refractivity (Wildman–Crippen MR) is 95.9 cm³/mol. The van der Waals surface area contributed by atoms with Gasteiger partial charge in [-0.25, -0.2) is 0 Å². The quantitative estimate of drug-likeness (QED) is 0.767. The molecular weight excluding hydrogens is 316 g/mol. The minimum absolute atomic E-state index is 0.310. The highest BCUT2D eigenvalue weighted by molar-refractivity contribution is 5.78.